The summed E-state index contributed by atoms with van der Waals surface area (Å²) in [6.07, 6.45) is 12.1. The van der Waals surface area contributed by atoms with Gasteiger partial charge in [-0.1, -0.05) is 56.2 Å². The van der Waals surface area contributed by atoms with Gasteiger partial charge in [0, 0.05) is 5.92 Å². The maximum Gasteiger partial charge on any atom is 3.00 e. The van der Waals surface area contributed by atoms with Crippen LogP contribution in [0.4, 0.5) is 0 Å². The number of hydrogen-bond acceptors (Lipinski definition) is 0. The standard InChI is InChI=1S/C15H19.2ClH.Zr/c1-2-3-4-5-8-13-11-12-14-9-6-7-10-15(13)14;;;/h4,6-7,9-13H,2-3,5,8H2,1H3;2*1H;/q-1;;;+3/p-2. The third kappa shape index (κ3) is 5.60. The van der Waals surface area contributed by atoms with Gasteiger partial charge in [0.25, 0.3) is 0 Å². The minimum Gasteiger partial charge on any atom is -1.00 e. The summed E-state index contributed by atoms with van der Waals surface area (Å²) >= 11 is 0. The average Bonchev–Trinajstić information content (AvgIpc) is 2.68. The van der Waals surface area contributed by atoms with Crippen LogP contribution in [-0.2, 0) is 26.2 Å². The van der Waals surface area contributed by atoms with E-state index < -0.39 is 0 Å². The fraction of sp³-hybridized carbons (Fsp3) is 0.400. The fourth-order valence-electron chi connectivity index (χ4n) is 2.22. The van der Waals surface area contributed by atoms with E-state index in [0.29, 0.717) is 5.92 Å². The molecule has 1 aromatic carbocycles. The molecule has 1 radical (unpaired) electrons. The van der Waals surface area contributed by atoms with Crippen LogP contribution < -0.4 is 24.8 Å². The summed E-state index contributed by atoms with van der Waals surface area (Å²) in [7, 11) is 0. The van der Waals surface area contributed by atoms with E-state index >= 15 is 0 Å². The molecule has 97 valence electrons. The van der Waals surface area contributed by atoms with Crippen LogP contribution in [-0.4, -0.2) is 0 Å². The number of allylic oxidation sites excluding steroid dienone is 1. The Bertz CT molecular complexity index is 350. The Labute approximate surface area is 143 Å². The SMILES string of the molecule is CCC[CH-]CCC1C=Cc2ccccc21.[Cl-].[Cl-].[Zr+3]. The largest absolute Gasteiger partial charge is 3.00 e. The van der Waals surface area contributed by atoms with Gasteiger partial charge in [0.1, 0.15) is 0 Å². The fourth-order valence-corrected chi connectivity index (χ4v) is 2.22. The van der Waals surface area contributed by atoms with Gasteiger partial charge in [-0.2, -0.15) is 12.8 Å². The van der Waals surface area contributed by atoms with Crippen LogP contribution in [0.25, 0.3) is 6.08 Å². The molecule has 1 atom stereocenters. The first-order valence-corrected chi connectivity index (χ1v) is 6.00. The topological polar surface area (TPSA) is 0 Å². The van der Waals surface area contributed by atoms with Gasteiger partial charge in [-0.25, -0.2) is 0 Å². The Hall–Kier alpha value is 0.423. The van der Waals surface area contributed by atoms with Crippen molar-refractivity contribution < 1.29 is 51.0 Å². The maximum atomic E-state index is 2.43. The molecule has 3 heteroatoms. The summed E-state index contributed by atoms with van der Waals surface area (Å²) in [5.41, 5.74) is 2.93. The van der Waals surface area contributed by atoms with E-state index in [-0.39, 0.29) is 51.0 Å². The predicted molar refractivity (Wildman–Crippen MR) is 66.7 cm³/mol. The van der Waals surface area contributed by atoms with Crippen molar-refractivity contribution in [2.75, 3.05) is 0 Å². The Morgan fingerprint density at radius 1 is 1.11 bits per heavy atom. The van der Waals surface area contributed by atoms with Crippen molar-refractivity contribution in [3.63, 3.8) is 0 Å². The number of fused-ring (bicyclic) bond motifs is 1. The Balaban J connectivity index is 0. The zero-order chi connectivity index (χ0) is 10.5. The van der Waals surface area contributed by atoms with Gasteiger partial charge in [0.15, 0.2) is 0 Å². The van der Waals surface area contributed by atoms with Crippen LogP contribution in [0.5, 0.6) is 0 Å². The van der Waals surface area contributed by atoms with Gasteiger partial charge in [-0.15, -0.1) is 0 Å². The summed E-state index contributed by atoms with van der Waals surface area (Å²) in [5, 5.41) is 0. The van der Waals surface area contributed by atoms with Crippen molar-refractivity contribution >= 4 is 6.08 Å². The minimum atomic E-state index is 0. The molecule has 1 aliphatic rings. The normalized spacial score (nSPS) is 15.1. The van der Waals surface area contributed by atoms with Crippen molar-refractivity contribution in [3.8, 4) is 0 Å². The van der Waals surface area contributed by atoms with Crippen molar-refractivity contribution in [1.82, 2.24) is 0 Å². The number of rotatable bonds is 5. The van der Waals surface area contributed by atoms with Crippen molar-refractivity contribution in [2.24, 2.45) is 0 Å². The van der Waals surface area contributed by atoms with Crippen LogP contribution in [0.1, 0.15) is 49.7 Å². The van der Waals surface area contributed by atoms with Crippen molar-refractivity contribution in [2.45, 2.75) is 38.5 Å². The van der Waals surface area contributed by atoms with Gasteiger partial charge in [-0.05, 0) is 11.1 Å². The monoisotopic (exact) mass is 359 g/mol. The molecule has 0 aliphatic heterocycles. The van der Waals surface area contributed by atoms with E-state index in [2.05, 4.69) is 49.8 Å². The minimum absolute atomic E-state index is 0. The van der Waals surface area contributed by atoms with Crippen LogP contribution in [0.3, 0.4) is 0 Å². The molecule has 1 aliphatic carbocycles. The number of halogens is 2. The molecule has 0 amide bonds. The molecule has 0 bridgehead atoms. The molecule has 0 aromatic heterocycles. The Morgan fingerprint density at radius 3 is 2.56 bits per heavy atom. The molecule has 1 aromatic rings. The molecule has 0 N–H and O–H groups in total. The molecule has 0 saturated carbocycles. The molecule has 0 saturated heterocycles. The Kier molecular flexibility index (Phi) is 13.0. The smallest absolute Gasteiger partial charge is 1.00 e. The first kappa shape index (κ1) is 20.7. The van der Waals surface area contributed by atoms with Gasteiger partial charge < -0.3 is 31.2 Å². The molecule has 0 heterocycles. The second-order valence-corrected chi connectivity index (χ2v) is 4.25. The maximum absolute atomic E-state index is 2.43. The van der Waals surface area contributed by atoms with Crippen LogP contribution in [0.2, 0.25) is 0 Å². The van der Waals surface area contributed by atoms with Gasteiger partial charge in [0.05, 0.1) is 0 Å². The van der Waals surface area contributed by atoms with E-state index in [1.165, 1.54) is 36.8 Å². The molecule has 0 fully saturated rings. The first-order valence-electron chi connectivity index (χ1n) is 6.00. The predicted octanol–water partition coefficient (Wildman–Crippen LogP) is -1.41. The summed E-state index contributed by atoms with van der Waals surface area (Å²) in [4.78, 5) is 0. The molecule has 1 unspecified atom stereocenters. The third-order valence-electron chi connectivity index (χ3n) is 3.08. The molecular formula is C15H19Cl2Zr. The molecule has 18 heavy (non-hydrogen) atoms. The second-order valence-electron chi connectivity index (χ2n) is 4.25. The molecule has 0 spiro atoms. The molecular weight excluding hydrogens is 342 g/mol. The summed E-state index contributed by atoms with van der Waals surface area (Å²) in [5.74, 6) is 0.661. The van der Waals surface area contributed by atoms with Crippen molar-refractivity contribution in [3.05, 3.63) is 47.9 Å². The van der Waals surface area contributed by atoms with E-state index in [0.717, 1.165) is 0 Å². The summed E-state index contributed by atoms with van der Waals surface area (Å²) in [6.45, 7) is 2.24. The van der Waals surface area contributed by atoms with E-state index in [1.807, 2.05) is 0 Å². The zero-order valence-corrected chi connectivity index (χ0v) is 14.7. The number of benzene rings is 1. The summed E-state index contributed by atoms with van der Waals surface area (Å²) in [6, 6.07) is 8.74. The van der Waals surface area contributed by atoms with Gasteiger partial charge in [0.2, 0.25) is 0 Å². The zero-order valence-electron chi connectivity index (χ0n) is 10.7. The van der Waals surface area contributed by atoms with E-state index in [9.17, 15) is 0 Å². The first-order chi connectivity index (χ1) is 7.42. The Morgan fingerprint density at radius 2 is 1.83 bits per heavy atom. The van der Waals surface area contributed by atoms with Crippen LogP contribution in [0, 0.1) is 6.42 Å². The van der Waals surface area contributed by atoms with Crippen LogP contribution in [0.15, 0.2) is 30.3 Å². The number of hydrogen-bond donors (Lipinski definition) is 0. The van der Waals surface area contributed by atoms with E-state index in [4.69, 9.17) is 0 Å². The van der Waals surface area contributed by atoms with Gasteiger partial charge >= 0.3 is 26.2 Å². The van der Waals surface area contributed by atoms with Gasteiger partial charge in [-0.3, -0.25) is 0 Å². The van der Waals surface area contributed by atoms with E-state index in [1.54, 1.807) is 0 Å². The summed E-state index contributed by atoms with van der Waals surface area (Å²) < 4.78 is 0. The number of unbranched alkanes of at least 4 members (excludes halogenated alkanes) is 3. The average molecular weight is 361 g/mol. The third-order valence-corrected chi connectivity index (χ3v) is 3.08. The van der Waals surface area contributed by atoms with Crippen LogP contribution >= 0.6 is 0 Å². The van der Waals surface area contributed by atoms with Crippen molar-refractivity contribution in [1.29, 1.82) is 0 Å². The quantitative estimate of drug-likeness (QED) is 0.447. The molecule has 0 nitrogen and oxygen atoms in total. The molecule has 2 rings (SSSR count). The second kappa shape index (κ2) is 11.3.